The summed E-state index contributed by atoms with van der Waals surface area (Å²) in [5.74, 6) is -4.94. The van der Waals surface area contributed by atoms with Gasteiger partial charge in [0.05, 0.1) is 18.4 Å². The molecule has 1 aliphatic rings. The van der Waals surface area contributed by atoms with E-state index in [2.05, 4.69) is 18.7 Å². The molecule has 1 fully saturated rings. The molecule has 4 N–H and O–H groups in total. The van der Waals surface area contributed by atoms with Crippen molar-refractivity contribution in [3.8, 4) is 5.75 Å². The summed E-state index contributed by atoms with van der Waals surface area (Å²) >= 11 is 7.47. The third kappa shape index (κ3) is 4.93. The van der Waals surface area contributed by atoms with E-state index >= 15 is 0 Å². The Morgan fingerprint density at radius 3 is 1.80 bits per heavy atom. The van der Waals surface area contributed by atoms with E-state index in [0.29, 0.717) is 17.9 Å². The second kappa shape index (κ2) is 13.0. The maximum absolute atomic E-state index is 13.6. The van der Waals surface area contributed by atoms with Crippen LogP contribution in [0, 0.1) is 5.41 Å². The Labute approximate surface area is 261 Å². The molecular formula is C34H38ClNO8. The molecule has 44 heavy (non-hydrogen) atoms. The van der Waals surface area contributed by atoms with Crippen molar-refractivity contribution in [1.82, 2.24) is 4.90 Å². The molecule has 0 aromatic heterocycles. The molecule has 4 rings (SSSR count). The summed E-state index contributed by atoms with van der Waals surface area (Å²) in [5.41, 5.74) is -7.24. The smallest absolute Gasteiger partial charge is 0.337 e. The van der Waals surface area contributed by atoms with E-state index in [-0.39, 0.29) is 11.1 Å². The fourth-order valence-electron chi connectivity index (χ4n) is 6.95. The highest BCUT2D eigenvalue weighted by atomic mass is 35.5. The van der Waals surface area contributed by atoms with Gasteiger partial charge in [-0.1, -0.05) is 86.6 Å². The van der Waals surface area contributed by atoms with Gasteiger partial charge >= 0.3 is 17.9 Å². The van der Waals surface area contributed by atoms with Crippen LogP contribution in [0.2, 0.25) is 0 Å². The van der Waals surface area contributed by atoms with E-state index in [4.69, 9.17) is 16.3 Å². The number of unbranched alkanes of at least 4 members (excludes halogenated alkanes) is 1. The van der Waals surface area contributed by atoms with Gasteiger partial charge in [-0.05, 0) is 61.3 Å². The molecule has 3 aromatic carbocycles. The molecule has 10 heteroatoms. The molecular weight excluding hydrogens is 586 g/mol. The Morgan fingerprint density at radius 1 is 0.795 bits per heavy atom. The lowest BCUT2D eigenvalue weighted by Crippen LogP contribution is -2.57. The van der Waals surface area contributed by atoms with E-state index in [1.165, 1.54) is 0 Å². The maximum Gasteiger partial charge on any atom is 0.337 e. The minimum atomic E-state index is -3.34. The van der Waals surface area contributed by atoms with Crippen LogP contribution in [0.5, 0.6) is 5.75 Å². The van der Waals surface area contributed by atoms with Crippen molar-refractivity contribution in [3.05, 3.63) is 102 Å². The Balaban J connectivity index is 1.88. The molecule has 4 atom stereocenters. The van der Waals surface area contributed by atoms with Gasteiger partial charge in [0, 0.05) is 0 Å². The fraction of sp³-hybridized carbons (Fsp3) is 0.382. The number of benzene rings is 3. The first-order valence-corrected chi connectivity index (χ1v) is 15.0. The molecule has 234 valence electrons. The van der Waals surface area contributed by atoms with Crippen molar-refractivity contribution in [2.45, 2.75) is 49.0 Å². The van der Waals surface area contributed by atoms with Gasteiger partial charge < -0.3 is 30.1 Å². The van der Waals surface area contributed by atoms with Crippen molar-refractivity contribution >= 4 is 29.5 Å². The normalized spacial score (nSPS) is 23.9. The van der Waals surface area contributed by atoms with E-state index in [9.17, 15) is 34.8 Å². The van der Waals surface area contributed by atoms with Crippen molar-refractivity contribution in [2.75, 3.05) is 26.2 Å². The number of alkyl halides is 1. The summed E-state index contributed by atoms with van der Waals surface area (Å²) in [5, 5.41) is 43.1. The van der Waals surface area contributed by atoms with Gasteiger partial charge in [0.25, 0.3) is 0 Å². The zero-order valence-electron chi connectivity index (χ0n) is 24.8. The van der Waals surface area contributed by atoms with Crippen LogP contribution in [-0.2, 0) is 24.7 Å². The zero-order valence-corrected chi connectivity index (χ0v) is 25.5. The Kier molecular flexibility index (Phi) is 9.73. The van der Waals surface area contributed by atoms with Gasteiger partial charge in [-0.3, -0.25) is 9.59 Å². The number of hydrogen-bond donors (Lipinski definition) is 4. The molecule has 1 saturated carbocycles. The SMILES string of the molecule is CCN(CC)CCCCOc1ccc(C2(c3ccccc3)C(Cl)(c3ccccc3)C2(C(=O)O)C(O)(CC(=O)O)C(=O)O)cc1. The van der Waals surface area contributed by atoms with Crippen LogP contribution in [0.4, 0.5) is 0 Å². The van der Waals surface area contributed by atoms with Gasteiger partial charge in [0.1, 0.15) is 16.0 Å². The summed E-state index contributed by atoms with van der Waals surface area (Å²) in [6, 6.07) is 22.7. The van der Waals surface area contributed by atoms with Crippen molar-refractivity contribution < 1.29 is 39.5 Å². The molecule has 0 heterocycles. The first-order valence-electron chi connectivity index (χ1n) is 14.7. The van der Waals surface area contributed by atoms with Crippen LogP contribution >= 0.6 is 11.6 Å². The second-order valence-corrected chi connectivity index (χ2v) is 11.6. The molecule has 0 aliphatic heterocycles. The summed E-state index contributed by atoms with van der Waals surface area (Å²) in [6.07, 6.45) is 0.383. The molecule has 0 radical (unpaired) electrons. The predicted molar refractivity (Wildman–Crippen MR) is 165 cm³/mol. The van der Waals surface area contributed by atoms with Crippen LogP contribution < -0.4 is 4.74 Å². The summed E-state index contributed by atoms with van der Waals surface area (Å²) in [7, 11) is 0. The van der Waals surface area contributed by atoms with E-state index in [1.807, 2.05) is 0 Å². The average molecular weight is 624 g/mol. The number of nitrogens with zero attached hydrogens (tertiary/aromatic N) is 1. The van der Waals surface area contributed by atoms with Crippen LogP contribution in [0.1, 0.15) is 49.8 Å². The zero-order chi connectivity index (χ0) is 32.2. The highest BCUT2D eigenvalue weighted by Gasteiger charge is 2.99. The number of carboxylic acid groups (broad SMARTS) is 3. The lowest BCUT2D eigenvalue weighted by atomic mass is 9.70. The molecule has 4 unspecified atom stereocenters. The summed E-state index contributed by atoms with van der Waals surface area (Å²) < 4.78 is 5.95. The van der Waals surface area contributed by atoms with Crippen molar-refractivity contribution in [2.24, 2.45) is 5.41 Å². The van der Waals surface area contributed by atoms with Crippen LogP contribution in [0.15, 0.2) is 84.9 Å². The Morgan fingerprint density at radius 2 is 1.32 bits per heavy atom. The van der Waals surface area contributed by atoms with Crippen molar-refractivity contribution in [3.63, 3.8) is 0 Å². The molecule has 3 aromatic rings. The summed E-state index contributed by atoms with van der Waals surface area (Å²) in [4.78, 5) is 38.7. The van der Waals surface area contributed by atoms with E-state index < -0.39 is 45.6 Å². The van der Waals surface area contributed by atoms with Gasteiger partial charge in [0.2, 0.25) is 0 Å². The first-order chi connectivity index (χ1) is 21.0. The fourth-order valence-corrected chi connectivity index (χ4v) is 7.76. The van der Waals surface area contributed by atoms with Gasteiger partial charge in [-0.2, -0.15) is 0 Å². The summed E-state index contributed by atoms with van der Waals surface area (Å²) in [6.45, 7) is 7.63. The van der Waals surface area contributed by atoms with Gasteiger partial charge in [-0.15, -0.1) is 11.6 Å². The Bertz CT molecular complexity index is 1470. The number of carboxylic acids is 3. The number of hydrogen-bond acceptors (Lipinski definition) is 6. The largest absolute Gasteiger partial charge is 0.494 e. The maximum atomic E-state index is 13.6. The van der Waals surface area contributed by atoms with Crippen molar-refractivity contribution in [1.29, 1.82) is 0 Å². The standard InChI is InChI=1S/C34H38ClNO8/c1-3-36(4-2)21-11-12-22-44-27-19-17-25(18-20-27)32(24-13-7-5-8-14-24)33(30(41)42,31(43,29(39)40)23-28(37)38)34(32,35)26-15-9-6-10-16-26/h5-10,13-20,43H,3-4,11-12,21-23H2,1-2H3,(H,37,38)(H,39,40)(H,41,42). The number of carbonyl (C=O) groups is 3. The van der Waals surface area contributed by atoms with E-state index in [0.717, 1.165) is 32.5 Å². The molecule has 0 spiro atoms. The van der Waals surface area contributed by atoms with E-state index in [1.54, 1.807) is 84.9 Å². The minimum Gasteiger partial charge on any atom is -0.494 e. The second-order valence-electron chi connectivity index (χ2n) is 11.0. The third-order valence-electron chi connectivity index (χ3n) is 8.93. The van der Waals surface area contributed by atoms with Gasteiger partial charge in [0.15, 0.2) is 5.60 Å². The lowest BCUT2D eigenvalue weighted by molar-refractivity contribution is -0.184. The molecule has 0 saturated heterocycles. The number of aliphatic carboxylic acids is 3. The number of aliphatic hydroxyl groups is 1. The number of ether oxygens (including phenoxy) is 1. The quantitative estimate of drug-likeness (QED) is 0.128. The Hall–Kier alpha value is -3.92. The number of rotatable bonds is 16. The van der Waals surface area contributed by atoms with Crippen LogP contribution in [0.3, 0.4) is 0 Å². The minimum absolute atomic E-state index is 0.214. The topological polar surface area (TPSA) is 145 Å². The van der Waals surface area contributed by atoms with Gasteiger partial charge in [-0.25, -0.2) is 4.79 Å². The number of halogens is 1. The molecule has 9 nitrogen and oxygen atoms in total. The lowest BCUT2D eigenvalue weighted by Gasteiger charge is -2.33. The van der Waals surface area contributed by atoms with Crippen LogP contribution in [-0.4, -0.2) is 75.1 Å². The third-order valence-corrected chi connectivity index (χ3v) is 9.72. The highest BCUT2D eigenvalue weighted by molar-refractivity contribution is 6.33. The monoisotopic (exact) mass is 623 g/mol. The highest BCUT2D eigenvalue weighted by Crippen LogP contribution is 2.86. The first kappa shape index (κ1) is 33.0. The molecule has 1 aliphatic carbocycles. The molecule has 0 amide bonds. The average Bonchev–Trinajstić information content (AvgIpc) is 3.57. The predicted octanol–water partition coefficient (Wildman–Crippen LogP) is 4.98. The molecule has 0 bridgehead atoms. The van der Waals surface area contributed by atoms with Crippen LogP contribution in [0.25, 0.3) is 0 Å².